The number of alkyl halides is 1. The van der Waals surface area contributed by atoms with Gasteiger partial charge in [0.25, 0.3) is 0 Å². The van der Waals surface area contributed by atoms with Crippen molar-refractivity contribution in [3.05, 3.63) is 0 Å². The lowest BCUT2D eigenvalue weighted by molar-refractivity contribution is -0.110. The first kappa shape index (κ1) is 9.53. The summed E-state index contributed by atoms with van der Waals surface area (Å²) in [7, 11) is 0. The Morgan fingerprint density at radius 2 is 2.00 bits per heavy atom. The van der Waals surface area contributed by atoms with Crippen LogP contribution in [-0.4, -0.2) is 17.0 Å². The summed E-state index contributed by atoms with van der Waals surface area (Å²) >= 11 is 3.63. The monoisotopic (exact) mass is 220 g/mol. The van der Waals surface area contributed by atoms with Gasteiger partial charge in [-0.15, -0.1) is 0 Å². The van der Waals surface area contributed by atoms with E-state index in [-0.39, 0.29) is 0 Å². The van der Waals surface area contributed by atoms with Gasteiger partial charge in [-0.1, -0.05) is 29.8 Å². The number of hydrogen-bond acceptors (Lipinski definition) is 1. The second-order valence-corrected chi connectivity index (χ2v) is 5.30. The second kappa shape index (κ2) is 3.06. The molecule has 0 N–H and O–H groups in total. The van der Waals surface area contributed by atoms with E-state index in [1.807, 2.05) is 0 Å². The summed E-state index contributed by atoms with van der Waals surface area (Å²) in [5.74, 6) is 0. The maximum atomic E-state index is 5.74. The molecule has 1 saturated carbocycles. The number of rotatable bonds is 2. The van der Waals surface area contributed by atoms with Gasteiger partial charge < -0.3 is 4.74 Å². The Balaban J connectivity index is 2.40. The first-order valence-corrected chi connectivity index (χ1v) is 5.15. The van der Waals surface area contributed by atoms with E-state index in [9.17, 15) is 0 Å². The van der Waals surface area contributed by atoms with Gasteiger partial charge in [-0.3, -0.25) is 0 Å². The second-order valence-electron chi connectivity index (χ2n) is 4.20. The maximum absolute atomic E-state index is 5.74. The van der Waals surface area contributed by atoms with Crippen molar-refractivity contribution in [2.75, 3.05) is 0 Å². The molecule has 0 spiro atoms. The molecular weight excluding hydrogens is 204 g/mol. The topological polar surface area (TPSA) is 9.23 Å². The molecule has 0 aliphatic heterocycles. The van der Waals surface area contributed by atoms with Gasteiger partial charge in [-0.05, 0) is 20.3 Å². The van der Waals surface area contributed by atoms with Crippen LogP contribution in [0.3, 0.4) is 0 Å². The van der Waals surface area contributed by atoms with E-state index in [4.69, 9.17) is 4.74 Å². The molecule has 1 aliphatic carbocycles. The van der Waals surface area contributed by atoms with Crippen LogP contribution in [0.4, 0.5) is 0 Å². The summed E-state index contributed by atoms with van der Waals surface area (Å²) in [6.07, 6.45) is 1.97. The molecule has 11 heavy (non-hydrogen) atoms. The first-order chi connectivity index (χ1) is 4.94. The summed E-state index contributed by atoms with van der Waals surface area (Å²) in [5.41, 5.74) is 0.324. The summed E-state index contributed by atoms with van der Waals surface area (Å²) in [4.78, 5) is 0.638. The van der Waals surface area contributed by atoms with E-state index < -0.39 is 0 Å². The Labute approximate surface area is 77.6 Å². The molecule has 2 heteroatoms. The highest BCUT2D eigenvalue weighted by Gasteiger charge is 2.47. The van der Waals surface area contributed by atoms with Crippen molar-refractivity contribution in [1.29, 1.82) is 0 Å². The fraction of sp³-hybridized carbons (Fsp3) is 1.00. The van der Waals surface area contributed by atoms with Crippen LogP contribution in [0.5, 0.6) is 0 Å². The quantitative estimate of drug-likeness (QED) is 0.651. The van der Waals surface area contributed by atoms with Crippen molar-refractivity contribution in [3.63, 3.8) is 0 Å². The van der Waals surface area contributed by atoms with E-state index in [1.165, 1.54) is 0 Å². The zero-order valence-electron chi connectivity index (χ0n) is 7.73. The van der Waals surface area contributed by atoms with Crippen molar-refractivity contribution < 1.29 is 4.74 Å². The smallest absolute Gasteiger partial charge is 0.0651 e. The lowest BCUT2D eigenvalue weighted by Gasteiger charge is -2.49. The zero-order valence-corrected chi connectivity index (χ0v) is 9.31. The SMILES string of the molecule is CC(C)OC1CC(Br)C1(C)C. The van der Waals surface area contributed by atoms with E-state index in [2.05, 4.69) is 43.6 Å². The van der Waals surface area contributed by atoms with Gasteiger partial charge in [0.2, 0.25) is 0 Å². The van der Waals surface area contributed by atoms with Crippen molar-refractivity contribution in [2.24, 2.45) is 5.41 Å². The van der Waals surface area contributed by atoms with Gasteiger partial charge in [0.1, 0.15) is 0 Å². The van der Waals surface area contributed by atoms with E-state index in [1.54, 1.807) is 0 Å². The Hall–Kier alpha value is 0.440. The van der Waals surface area contributed by atoms with Crippen LogP contribution in [0.25, 0.3) is 0 Å². The third-order valence-electron chi connectivity index (χ3n) is 2.49. The molecule has 1 nitrogen and oxygen atoms in total. The van der Waals surface area contributed by atoms with Gasteiger partial charge in [0.05, 0.1) is 12.2 Å². The summed E-state index contributed by atoms with van der Waals surface area (Å²) in [6, 6.07) is 0. The highest BCUT2D eigenvalue weighted by atomic mass is 79.9. The molecule has 0 bridgehead atoms. The molecule has 0 aromatic rings. The molecule has 0 aromatic carbocycles. The lowest BCUT2D eigenvalue weighted by atomic mass is 9.69. The van der Waals surface area contributed by atoms with E-state index in [0.29, 0.717) is 22.5 Å². The van der Waals surface area contributed by atoms with Crippen LogP contribution in [0.2, 0.25) is 0 Å². The van der Waals surface area contributed by atoms with E-state index >= 15 is 0 Å². The van der Waals surface area contributed by atoms with Crippen molar-refractivity contribution in [3.8, 4) is 0 Å². The van der Waals surface area contributed by atoms with E-state index in [0.717, 1.165) is 6.42 Å². The minimum absolute atomic E-state index is 0.324. The van der Waals surface area contributed by atoms with Gasteiger partial charge in [0, 0.05) is 10.2 Å². The first-order valence-electron chi connectivity index (χ1n) is 4.24. The fourth-order valence-corrected chi connectivity index (χ4v) is 2.03. The molecule has 2 unspecified atom stereocenters. The molecule has 1 rings (SSSR count). The summed E-state index contributed by atoms with van der Waals surface area (Å²) in [6.45, 7) is 8.70. The van der Waals surface area contributed by atoms with Gasteiger partial charge in [-0.25, -0.2) is 0 Å². The fourth-order valence-electron chi connectivity index (χ4n) is 1.40. The van der Waals surface area contributed by atoms with Crippen LogP contribution >= 0.6 is 15.9 Å². The molecule has 1 fully saturated rings. The minimum Gasteiger partial charge on any atom is -0.375 e. The largest absolute Gasteiger partial charge is 0.375 e. The average molecular weight is 221 g/mol. The lowest BCUT2D eigenvalue weighted by Crippen LogP contribution is -2.52. The Morgan fingerprint density at radius 3 is 2.27 bits per heavy atom. The van der Waals surface area contributed by atoms with Crippen molar-refractivity contribution >= 4 is 15.9 Å². The molecule has 2 atom stereocenters. The molecule has 0 amide bonds. The molecule has 0 heterocycles. The van der Waals surface area contributed by atoms with Crippen LogP contribution in [0, 0.1) is 5.41 Å². The number of halogens is 1. The third-order valence-corrected chi connectivity index (χ3v) is 4.05. The van der Waals surface area contributed by atoms with Gasteiger partial charge in [0.15, 0.2) is 0 Å². The average Bonchev–Trinajstić information content (AvgIpc) is 1.87. The van der Waals surface area contributed by atoms with Crippen LogP contribution in [0.15, 0.2) is 0 Å². The third kappa shape index (κ3) is 1.78. The number of hydrogen-bond donors (Lipinski definition) is 0. The molecule has 0 saturated heterocycles. The predicted octanol–water partition coefficient (Wildman–Crippen LogP) is 2.97. The molecular formula is C9H17BrO. The molecule has 1 aliphatic rings. The van der Waals surface area contributed by atoms with Crippen LogP contribution in [0.1, 0.15) is 34.1 Å². The number of ether oxygens (including phenoxy) is 1. The van der Waals surface area contributed by atoms with Crippen LogP contribution < -0.4 is 0 Å². The van der Waals surface area contributed by atoms with Crippen LogP contribution in [-0.2, 0) is 4.74 Å². The standard InChI is InChI=1S/C9H17BrO/c1-6(2)11-8-5-7(10)9(8,3)4/h6-8H,5H2,1-4H3. The molecule has 0 radical (unpaired) electrons. The maximum Gasteiger partial charge on any atom is 0.0651 e. The Morgan fingerprint density at radius 1 is 1.45 bits per heavy atom. The minimum atomic E-state index is 0.324. The van der Waals surface area contributed by atoms with Crippen molar-refractivity contribution in [2.45, 2.75) is 51.2 Å². The normalized spacial score (nSPS) is 35.5. The zero-order chi connectivity index (χ0) is 8.65. The highest BCUT2D eigenvalue weighted by molar-refractivity contribution is 9.09. The highest BCUT2D eigenvalue weighted by Crippen LogP contribution is 2.47. The van der Waals surface area contributed by atoms with Gasteiger partial charge in [-0.2, -0.15) is 0 Å². The molecule has 0 aromatic heterocycles. The Bertz CT molecular complexity index is 142. The summed E-state index contributed by atoms with van der Waals surface area (Å²) < 4.78 is 5.74. The van der Waals surface area contributed by atoms with Crippen molar-refractivity contribution in [1.82, 2.24) is 0 Å². The predicted molar refractivity (Wildman–Crippen MR) is 51.1 cm³/mol. The van der Waals surface area contributed by atoms with Gasteiger partial charge >= 0.3 is 0 Å². The summed E-state index contributed by atoms with van der Waals surface area (Å²) in [5, 5.41) is 0. The Kier molecular flexibility index (Phi) is 2.65. The molecule has 66 valence electrons.